The van der Waals surface area contributed by atoms with E-state index in [0.717, 1.165) is 11.3 Å². The Hall–Kier alpha value is -2.31. The van der Waals surface area contributed by atoms with E-state index in [4.69, 9.17) is 9.47 Å². The zero-order valence-corrected chi connectivity index (χ0v) is 17.1. The minimum absolute atomic E-state index is 0.207. The summed E-state index contributed by atoms with van der Waals surface area (Å²) in [4.78, 5) is 24.6. The van der Waals surface area contributed by atoms with Gasteiger partial charge in [0.15, 0.2) is 0 Å². The fraction of sp³-hybridized carbons (Fsp3) is 0.364. The summed E-state index contributed by atoms with van der Waals surface area (Å²) in [7, 11) is 0. The minimum atomic E-state index is -0.615. The summed E-state index contributed by atoms with van der Waals surface area (Å²) in [5, 5.41) is 3.05. The summed E-state index contributed by atoms with van der Waals surface area (Å²) in [6, 6.07) is 18.3. The van der Waals surface area contributed by atoms with Crippen molar-refractivity contribution in [2.24, 2.45) is 0 Å². The number of ether oxygens (including phenoxy) is 2. The van der Waals surface area contributed by atoms with Gasteiger partial charge in [0, 0.05) is 11.5 Å². The number of hydrogen-bond acceptors (Lipinski definition) is 6. The van der Waals surface area contributed by atoms with Crippen LogP contribution in [0.1, 0.15) is 25.0 Å². The van der Waals surface area contributed by atoms with Crippen molar-refractivity contribution < 1.29 is 19.1 Å². The highest BCUT2D eigenvalue weighted by atomic mass is 32.2. The number of hydrogen-bond donors (Lipinski definition) is 1. The van der Waals surface area contributed by atoms with E-state index in [0.29, 0.717) is 12.4 Å². The van der Waals surface area contributed by atoms with Crippen molar-refractivity contribution in [3.63, 3.8) is 0 Å². The van der Waals surface area contributed by atoms with E-state index in [2.05, 4.69) is 5.32 Å². The first kappa shape index (κ1) is 22.0. The fourth-order valence-electron chi connectivity index (χ4n) is 2.52. The van der Waals surface area contributed by atoms with Crippen molar-refractivity contribution in [2.75, 3.05) is 12.4 Å². The van der Waals surface area contributed by atoms with Crippen LogP contribution in [-0.2, 0) is 31.4 Å². The molecule has 0 saturated carbocycles. The van der Waals surface area contributed by atoms with Crippen LogP contribution < -0.4 is 5.32 Å². The molecule has 2 aromatic rings. The van der Waals surface area contributed by atoms with E-state index in [1.165, 1.54) is 5.56 Å². The number of thioether (sulfide) groups is 1. The maximum absolute atomic E-state index is 12.3. The maximum atomic E-state index is 12.3. The zero-order chi connectivity index (χ0) is 20.2. The normalized spacial score (nSPS) is 12.8. The predicted molar refractivity (Wildman–Crippen MR) is 112 cm³/mol. The molecule has 0 saturated heterocycles. The van der Waals surface area contributed by atoms with E-state index in [-0.39, 0.29) is 12.6 Å². The largest absolute Gasteiger partial charge is 0.465 e. The Labute approximate surface area is 170 Å². The predicted octanol–water partition coefficient (Wildman–Crippen LogP) is 3.57. The molecule has 28 heavy (non-hydrogen) atoms. The van der Waals surface area contributed by atoms with Crippen LogP contribution in [0, 0.1) is 0 Å². The van der Waals surface area contributed by atoms with Gasteiger partial charge in [0.1, 0.15) is 18.7 Å². The molecule has 0 radical (unpaired) electrons. The lowest BCUT2D eigenvalue weighted by Crippen LogP contribution is -2.48. The molecule has 0 aliphatic heterocycles. The van der Waals surface area contributed by atoms with Crippen LogP contribution in [0.4, 0.5) is 0 Å². The number of benzene rings is 2. The van der Waals surface area contributed by atoms with Gasteiger partial charge in [-0.25, -0.2) is 0 Å². The van der Waals surface area contributed by atoms with Crippen molar-refractivity contribution in [1.29, 1.82) is 0 Å². The molecule has 6 heteroatoms. The number of carbonyl (C=O) groups excluding carboxylic acids is 2. The Morgan fingerprint density at radius 1 is 0.929 bits per heavy atom. The Balaban J connectivity index is 1.85. The summed E-state index contributed by atoms with van der Waals surface area (Å²) in [6.45, 7) is 3.97. The molecule has 0 amide bonds. The van der Waals surface area contributed by atoms with Gasteiger partial charge in [0.05, 0.1) is 6.61 Å². The van der Waals surface area contributed by atoms with Gasteiger partial charge in [-0.3, -0.25) is 14.9 Å². The Kier molecular flexibility index (Phi) is 9.59. The number of carbonyl (C=O) groups is 2. The molecule has 1 N–H and O–H groups in total. The highest BCUT2D eigenvalue weighted by molar-refractivity contribution is 7.98. The molecule has 2 atom stereocenters. The second-order valence-corrected chi connectivity index (χ2v) is 7.32. The molecule has 0 heterocycles. The van der Waals surface area contributed by atoms with E-state index in [1.807, 2.05) is 60.7 Å². The van der Waals surface area contributed by atoms with Gasteiger partial charge in [-0.15, -0.1) is 0 Å². The second-order valence-electron chi connectivity index (χ2n) is 6.29. The second kappa shape index (κ2) is 12.2. The van der Waals surface area contributed by atoms with Crippen molar-refractivity contribution in [3.8, 4) is 0 Å². The standard InChI is InChI=1S/C22H27NO4S/c1-3-26-22(25)20(16-28-15-19-12-8-5-9-13-19)23-17(2)21(24)27-14-18-10-6-4-7-11-18/h4-13,17,20,23H,3,14-16H2,1-2H3. The Morgan fingerprint density at radius 2 is 1.54 bits per heavy atom. The van der Waals surface area contributed by atoms with E-state index in [9.17, 15) is 9.59 Å². The topological polar surface area (TPSA) is 64.6 Å². The number of nitrogens with one attached hydrogen (secondary N) is 1. The highest BCUT2D eigenvalue weighted by Gasteiger charge is 2.25. The van der Waals surface area contributed by atoms with Crippen LogP contribution in [0.15, 0.2) is 60.7 Å². The van der Waals surface area contributed by atoms with Gasteiger partial charge in [-0.05, 0) is 25.0 Å². The highest BCUT2D eigenvalue weighted by Crippen LogP contribution is 2.14. The molecule has 2 rings (SSSR count). The van der Waals surface area contributed by atoms with Gasteiger partial charge in [-0.1, -0.05) is 60.7 Å². The molecule has 2 unspecified atom stereocenters. The van der Waals surface area contributed by atoms with Crippen LogP contribution in [-0.4, -0.2) is 36.4 Å². The molecule has 0 aromatic heterocycles. The Morgan fingerprint density at radius 3 is 2.14 bits per heavy atom. The number of rotatable bonds is 11. The summed E-state index contributed by atoms with van der Waals surface area (Å²) < 4.78 is 10.5. The molecular formula is C22H27NO4S. The van der Waals surface area contributed by atoms with Crippen molar-refractivity contribution in [2.45, 2.75) is 38.3 Å². The smallest absolute Gasteiger partial charge is 0.324 e. The van der Waals surface area contributed by atoms with Gasteiger partial charge >= 0.3 is 11.9 Å². The third-order valence-electron chi connectivity index (χ3n) is 4.00. The third-order valence-corrected chi connectivity index (χ3v) is 5.10. The lowest BCUT2D eigenvalue weighted by Gasteiger charge is -2.21. The molecular weight excluding hydrogens is 374 g/mol. The first-order chi connectivity index (χ1) is 13.6. The first-order valence-electron chi connectivity index (χ1n) is 9.35. The van der Waals surface area contributed by atoms with Crippen molar-refractivity contribution in [1.82, 2.24) is 5.32 Å². The lowest BCUT2D eigenvalue weighted by molar-refractivity contribution is -0.149. The van der Waals surface area contributed by atoms with Crippen LogP contribution >= 0.6 is 11.8 Å². The zero-order valence-electron chi connectivity index (χ0n) is 16.3. The minimum Gasteiger partial charge on any atom is -0.465 e. The van der Waals surface area contributed by atoms with Gasteiger partial charge in [0.25, 0.3) is 0 Å². The summed E-state index contributed by atoms with van der Waals surface area (Å²) in [6.07, 6.45) is 0. The van der Waals surface area contributed by atoms with Crippen molar-refractivity contribution in [3.05, 3.63) is 71.8 Å². The van der Waals surface area contributed by atoms with Gasteiger partial charge in [0.2, 0.25) is 0 Å². The average molecular weight is 402 g/mol. The van der Waals surface area contributed by atoms with Crippen LogP contribution in [0.25, 0.3) is 0 Å². The first-order valence-corrected chi connectivity index (χ1v) is 10.5. The molecule has 0 spiro atoms. The van der Waals surface area contributed by atoms with Crippen LogP contribution in [0.2, 0.25) is 0 Å². The van der Waals surface area contributed by atoms with E-state index < -0.39 is 18.1 Å². The fourth-order valence-corrected chi connectivity index (χ4v) is 3.53. The summed E-state index contributed by atoms with van der Waals surface area (Å²) >= 11 is 1.62. The molecule has 2 aromatic carbocycles. The SMILES string of the molecule is CCOC(=O)C(CSCc1ccccc1)NC(C)C(=O)OCc1ccccc1. The van der Waals surface area contributed by atoms with Crippen molar-refractivity contribution >= 4 is 23.7 Å². The number of esters is 2. The van der Waals surface area contributed by atoms with Crippen LogP contribution in [0.5, 0.6) is 0 Å². The molecule has 0 bridgehead atoms. The van der Waals surface area contributed by atoms with Gasteiger partial charge < -0.3 is 9.47 Å². The average Bonchev–Trinajstić information content (AvgIpc) is 2.72. The van der Waals surface area contributed by atoms with Crippen LogP contribution in [0.3, 0.4) is 0 Å². The molecule has 0 aliphatic carbocycles. The molecule has 5 nitrogen and oxygen atoms in total. The molecule has 0 fully saturated rings. The van der Waals surface area contributed by atoms with E-state index >= 15 is 0 Å². The lowest BCUT2D eigenvalue weighted by atomic mass is 10.2. The van der Waals surface area contributed by atoms with E-state index in [1.54, 1.807) is 25.6 Å². The summed E-state index contributed by atoms with van der Waals surface area (Å²) in [5.41, 5.74) is 2.11. The van der Waals surface area contributed by atoms with Gasteiger partial charge in [-0.2, -0.15) is 11.8 Å². The Bertz CT molecular complexity index is 724. The molecule has 0 aliphatic rings. The third kappa shape index (κ3) is 7.74. The maximum Gasteiger partial charge on any atom is 0.324 e. The monoisotopic (exact) mass is 401 g/mol. The molecule has 150 valence electrons. The quantitative estimate of drug-likeness (QED) is 0.581. The summed E-state index contributed by atoms with van der Waals surface area (Å²) in [5.74, 6) is 0.534.